The molecule has 0 spiro atoms. The summed E-state index contributed by atoms with van der Waals surface area (Å²) in [5.74, 6) is -0.581. The van der Waals surface area contributed by atoms with Crippen LogP contribution in [0.5, 0.6) is 0 Å². The third-order valence-corrected chi connectivity index (χ3v) is 14.8. The number of phosphoric ester groups is 1. The van der Waals surface area contributed by atoms with Crippen LogP contribution < -0.4 is 10.2 Å². The Morgan fingerprint density at radius 1 is 0.444 bits per heavy atom. The molecule has 3 unspecified atom stereocenters. The lowest BCUT2D eigenvalue weighted by molar-refractivity contribution is -0.870. The SMILES string of the molecule is CC/C=C\C/C=C\C/C=C\C/C=C\C/C=C\CCCCCCCCCC(=O)NC(COP(=O)([O-])OCC[N+](C)(C)C)C(/C=C/CCCCCCCCCCC)OC(=O)CCCCCCC/C=C\C/C=C\C/C=C\C/C=C\CCCCC. The highest BCUT2D eigenvalue weighted by molar-refractivity contribution is 7.45. The normalized spacial score (nSPS) is 14.4. The zero-order chi connectivity index (χ0) is 59.3. The number of likely N-dealkylation sites (N-methyl/N-ethyl adjacent to an activating group) is 1. The summed E-state index contributed by atoms with van der Waals surface area (Å²) >= 11 is 0. The molecule has 0 bridgehead atoms. The summed E-state index contributed by atoms with van der Waals surface area (Å²) in [4.78, 5) is 40.1. The van der Waals surface area contributed by atoms with Gasteiger partial charge < -0.3 is 28.5 Å². The van der Waals surface area contributed by atoms with E-state index in [-0.39, 0.29) is 24.9 Å². The first-order chi connectivity index (χ1) is 39.4. The van der Waals surface area contributed by atoms with Crippen LogP contribution in [0.1, 0.15) is 265 Å². The summed E-state index contributed by atoms with van der Waals surface area (Å²) in [6, 6.07) is -0.911. The molecule has 9 nitrogen and oxygen atoms in total. The number of hydrogen-bond acceptors (Lipinski definition) is 7. The minimum Gasteiger partial charge on any atom is -0.756 e. The fraction of sp³-hybridized carbons (Fsp3) is 0.690. The number of hydrogen-bond donors (Lipinski definition) is 1. The average Bonchev–Trinajstić information content (AvgIpc) is 3.43. The van der Waals surface area contributed by atoms with E-state index < -0.39 is 26.6 Å². The topological polar surface area (TPSA) is 114 Å². The molecule has 464 valence electrons. The van der Waals surface area contributed by atoms with Crippen molar-refractivity contribution in [2.45, 2.75) is 277 Å². The van der Waals surface area contributed by atoms with Crippen LogP contribution >= 0.6 is 7.82 Å². The van der Waals surface area contributed by atoms with Crippen LogP contribution in [-0.2, 0) is 27.9 Å². The van der Waals surface area contributed by atoms with E-state index in [9.17, 15) is 19.0 Å². The third kappa shape index (κ3) is 60.8. The summed E-state index contributed by atoms with van der Waals surface area (Å²) in [6.07, 6.45) is 83.1. The number of amides is 1. The third-order valence-electron chi connectivity index (χ3n) is 13.9. The average molecular weight is 1150 g/mol. The lowest BCUT2D eigenvalue weighted by Crippen LogP contribution is -2.47. The Bertz CT molecular complexity index is 1800. The van der Waals surface area contributed by atoms with E-state index in [1.54, 1.807) is 0 Å². The van der Waals surface area contributed by atoms with E-state index in [1.807, 2.05) is 33.3 Å². The molecule has 1 N–H and O–H groups in total. The standard InChI is InChI=1S/C71H123N2O7P/c1-7-10-13-16-19-22-25-27-29-31-33-35-36-38-39-41-43-45-48-51-54-57-60-63-70(74)72-68(67-79-81(76,77)78-66-65-73(4,5)6)69(62-59-56-53-50-47-24-21-18-15-12-9-3)80-71(75)64-61-58-55-52-49-46-44-42-40-37-34-32-30-28-26-23-20-17-14-11-8-2/h10,13,19-20,22-23,27-30,33-35,37-39,42,44,59,62,68-69H,7-9,11-12,14-18,21,24-26,31-32,36,40-41,43,45-58,60-61,63-67H2,1-6H3,(H-,72,74,76,77)/b13-10-,22-19-,23-20-,29-27-,30-28-,35-33-,37-34-,39-38-,44-42-,62-59+. The molecule has 0 aliphatic carbocycles. The van der Waals surface area contributed by atoms with Crippen molar-refractivity contribution in [3.05, 3.63) is 122 Å². The van der Waals surface area contributed by atoms with Crippen molar-refractivity contribution in [2.24, 2.45) is 0 Å². The summed E-state index contributed by atoms with van der Waals surface area (Å²) in [7, 11) is 1.15. The Balaban J connectivity index is 5.22. The van der Waals surface area contributed by atoms with E-state index in [4.69, 9.17) is 13.8 Å². The highest BCUT2D eigenvalue weighted by Crippen LogP contribution is 2.38. The number of carbonyl (C=O) groups is 2. The van der Waals surface area contributed by atoms with Crippen molar-refractivity contribution in [3.8, 4) is 0 Å². The van der Waals surface area contributed by atoms with Gasteiger partial charge in [0, 0.05) is 12.8 Å². The number of quaternary nitrogens is 1. The van der Waals surface area contributed by atoms with Gasteiger partial charge in [-0.25, -0.2) is 0 Å². The summed E-state index contributed by atoms with van der Waals surface area (Å²) in [5.41, 5.74) is 0. The number of ether oxygens (including phenoxy) is 1. The Kier molecular flexibility index (Phi) is 56.9. The second kappa shape index (κ2) is 59.6. The maximum Gasteiger partial charge on any atom is 0.306 e. The van der Waals surface area contributed by atoms with Gasteiger partial charge in [0.05, 0.1) is 33.8 Å². The van der Waals surface area contributed by atoms with Gasteiger partial charge in [-0.15, -0.1) is 0 Å². The number of allylic oxidation sites excluding steroid dienone is 19. The Morgan fingerprint density at radius 3 is 1.21 bits per heavy atom. The highest BCUT2D eigenvalue weighted by Gasteiger charge is 2.27. The number of esters is 1. The maximum atomic E-state index is 13.6. The molecule has 3 atom stereocenters. The quantitative estimate of drug-likeness (QED) is 0.0212. The molecule has 0 aliphatic heterocycles. The molecular weight excluding hydrogens is 1020 g/mol. The van der Waals surface area contributed by atoms with Crippen LogP contribution in [0.15, 0.2) is 122 Å². The van der Waals surface area contributed by atoms with Gasteiger partial charge >= 0.3 is 5.97 Å². The Labute approximate surface area is 499 Å². The fourth-order valence-electron chi connectivity index (χ4n) is 8.83. The van der Waals surface area contributed by atoms with E-state index >= 15 is 0 Å². The zero-order valence-corrected chi connectivity index (χ0v) is 53.8. The molecular formula is C71H123N2O7P. The van der Waals surface area contributed by atoms with Gasteiger partial charge in [0.1, 0.15) is 19.3 Å². The second-order valence-electron chi connectivity index (χ2n) is 22.9. The van der Waals surface area contributed by atoms with Crippen LogP contribution in [0.3, 0.4) is 0 Å². The number of rotatable bonds is 58. The van der Waals surface area contributed by atoms with Crippen LogP contribution in [0.4, 0.5) is 0 Å². The maximum absolute atomic E-state index is 13.6. The molecule has 0 saturated heterocycles. The van der Waals surface area contributed by atoms with Crippen LogP contribution in [0, 0.1) is 0 Å². The predicted octanol–water partition coefficient (Wildman–Crippen LogP) is 20.0. The largest absolute Gasteiger partial charge is 0.756 e. The van der Waals surface area contributed by atoms with Gasteiger partial charge in [-0.3, -0.25) is 14.2 Å². The Morgan fingerprint density at radius 2 is 0.790 bits per heavy atom. The van der Waals surface area contributed by atoms with Gasteiger partial charge in [0.25, 0.3) is 7.82 Å². The first-order valence-corrected chi connectivity index (χ1v) is 34.3. The highest BCUT2D eigenvalue weighted by atomic mass is 31.2. The smallest absolute Gasteiger partial charge is 0.306 e. The molecule has 0 saturated carbocycles. The summed E-state index contributed by atoms with van der Waals surface area (Å²) in [5, 5.41) is 3.02. The van der Waals surface area contributed by atoms with Crippen molar-refractivity contribution in [1.82, 2.24) is 5.32 Å². The van der Waals surface area contributed by atoms with Gasteiger partial charge in [0.15, 0.2) is 0 Å². The summed E-state index contributed by atoms with van der Waals surface area (Å²) in [6.45, 7) is 6.67. The van der Waals surface area contributed by atoms with E-state index in [0.717, 1.165) is 135 Å². The molecule has 1 amide bonds. The fourth-order valence-corrected chi connectivity index (χ4v) is 9.55. The molecule has 0 aromatic heterocycles. The van der Waals surface area contributed by atoms with Gasteiger partial charge in [0.2, 0.25) is 5.91 Å². The van der Waals surface area contributed by atoms with E-state index in [1.165, 1.54) is 89.9 Å². The van der Waals surface area contributed by atoms with E-state index in [2.05, 4.69) is 135 Å². The molecule has 0 aromatic carbocycles. The summed E-state index contributed by atoms with van der Waals surface area (Å²) < 4.78 is 30.3. The number of phosphoric acid groups is 1. The molecule has 81 heavy (non-hydrogen) atoms. The number of carbonyl (C=O) groups excluding carboxylic acids is 2. The van der Waals surface area contributed by atoms with Crippen molar-refractivity contribution in [1.29, 1.82) is 0 Å². The molecule has 0 aromatic rings. The van der Waals surface area contributed by atoms with Crippen LogP contribution in [-0.4, -0.2) is 69.4 Å². The molecule has 0 rings (SSSR count). The second-order valence-corrected chi connectivity index (χ2v) is 24.3. The molecule has 0 aliphatic rings. The van der Waals surface area contributed by atoms with Crippen molar-refractivity contribution < 1.29 is 37.3 Å². The number of nitrogens with zero attached hydrogens (tertiary/aromatic N) is 1. The minimum atomic E-state index is -4.72. The Hall–Kier alpha value is -3.59. The predicted molar refractivity (Wildman–Crippen MR) is 348 cm³/mol. The minimum absolute atomic E-state index is 0.0345. The van der Waals surface area contributed by atoms with Crippen molar-refractivity contribution in [2.75, 3.05) is 40.9 Å². The van der Waals surface area contributed by atoms with Gasteiger partial charge in [-0.2, -0.15) is 0 Å². The first-order valence-electron chi connectivity index (χ1n) is 32.8. The first kappa shape index (κ1) is 77.4. The lowest BCUT2D eigenvalue weighted by Gasteiger charge is -2.30. The molecule has 0 fully saturated rings. The molecule has 0 heterocycles. The van der Waals surface area contributed by atoms with Crippen LogP contribution in [0.25, 0.3) is 0 Å². The van der Waals surface area contributed by atoms with Gasteiger partial charge in [-0.05, 0) is 122 Å². The van der Waals surface area contributed by atoms with Crippen molar-refractivity contribution >= 4 is 19.7 Å². The molecule has 0 radical (unpaired) electrons. The number of unbranched alkanes of at least 4 members (excludes halogenated alkanes) is 24. The van der Waals surface area contributed by atoms with Crippen molar-refractivity contribution in [3.63, 3.8) is 0 Å². The number of nitrogens with one attached hydrogen (secondary N) is 1. The lowest BCUT2D eigenvalue weighted by atomic mass is 10.1. The van der Waals surface area contributed by atoms with Gasteiger partial charge in [-0.1, -0.05) is 252 Å². The molecule has 10 heteroatoms. The van der Waals surface area contributed by atoms with E-state index in [0.29, 0.717) is 23.9 Å². The van der Waals surface area contributed by atoms with Crippen LogP contribution in [0.2, 0.25) is 0 Å². The monoisotopic (exact) mass is 1150 g/mol. The zero-order valence-electron chi connectivity index (χ0n) is 52.9.